The quantitative estimate of drug-likeness (QED) is 0.279. The predicted molar refractivity (Wildman–Crippen MR) is 161 cm³/mol. The number of anilines is 2. The maximum absolute atomic E-state index is 13.7. The molecule has 6 heteroatoms. The number of hydrogen-bond acceptors (Lipinski definition) is 4. The van der Waals surface area contributed by atoms with Gasteiger partial charge < -0.3 is 14.7 Å². The van der Waals surface area contributed by atoms with Crippen LogP contribution in [0.4, 0.5) is 11.4 Å². The zero-order valence-corrected chi connectivity index (χ0v) is 23.8. The molecular formula is C34H40N4O2. The second kappa shape index (κ2) is 14.3. The molecule has 2 amide bonds. The van der Waals surface area contributed by atoms with Crippen LogP contribution in [0.1, 0.15) is 61.8 Å². The highest BCUT2D eigenvalue weighted by molar-refractivity contribution is 5.99. The standard InChI is InChI=1S/C34H40N4O2/c1-3-21-36(22-4-2)33(40)26-37(25-29-10-6-5-7-11-29)31-14-8-12-30-13-9-23-38(34(30)31)32(39)20-19-27-15-17-28(24-35)18-16-27/h5-8,10-12,14-18H,3-4,9,13,19-23,25-26H2,1-2H3. The molecule has 3 aromatic rings. The fraction of sp³-hybridized carbons (Fsp3) is 0.382. The second-order valence-corrected chi connectivity index (χ2v) is 10.5. The van der Waals surface area contributed by atoms with Crippen LogP contribution in [0.15, 0.2) is 72.8 Å². The van der Waals surface area contributed by atoms with Crippen molar-refractivity contribution in [2.75, 3.05) is 36.0 Å². The third kappa shape index (κ3) is 7.30. The Hall–Kier alpha value is -4.11. The Morgan fingerprint density at radius 3 is 2.30 bits per heavy atom. The third-order valence-electron chi connectivity index (χ3n) is 7.43. The van der Waals surface area contributed by atoms with E-state index in [0.717, 1.165) is 66.8 Å². The first-order valence-electron chi connectivity index (χ1n) is 14.5. The Morgan fingerprint density at radius 1 is 0.900 bits per heavy atom. The van der Waals surface area contributed by atoms with E-state index in [-0.39, 0.29) is 18.4 Å². The van der Waals surface area contributed by atoms with Crippen LogP contribution in [-0.4, -0.2) is 42.9 Å². The molecule has 208 valence electrons. The average Bonchev–Trinajstić information content (AvgIpc) is 2.99. The Kier molecular flexibility index (Phi) is 10.3. The molecule has 3 aromatic carbocycles. The van der Waals surface area contributed by atoms with Crippen molar-refractivity contribution in [1.82, 2.24) is 4.90 Å². The van der Waals surface area contributed by atoms with Crippen molar-refractivity contribution in [2.24, 2.45) is 0 Å². The van der Waals surface area contributed by atoms with Gasteiger partial charge in [0, 0.05) is 32.6 Å². The third-order valence-corrected chi connectivity index (χ3v) is 7.43. The van der Waals surface area contributed by atoms with Gasteiger partial charge in [0.2, 0.25) is 11.8 Å². The first-order valence-corrected chi connectivity index (χ1v) is 14.5. The highest BCUT2D eigenvalue weighted by Gasteiger charge is 2.28. The fourth-order valence-electron chi connectivity index (χ4n) is 5.46. The molecule has 0 radical (unpaired) electrons. The Morgan fingerprint density at radius 2 is 1.62 bits per heavy atom. The maximum Gasteiger partial charge on any atom is 0.242 e. The molecule has 0 unspecified atom stereocenters. The first kappa shape index (κ1) is 28.9. The van der Waals surface area contributed by atoms with E-state index in [4.69, 9.17) is 5.26 Å². The topological polar surface area (TPSA) is 67.7 Å². The van der Waals surface area contributed by atoms with Gasteiger partial charge in [-0.15, -0.1) is 0 Å². The number of benzene rings is 3. The number of rotatable bonds is 12. The van der Waals surface area contributed by atoms with E-state index in [0.29, 0.717) is 31.5 Å². The molecule has 40 heavy (non-hydrogen) atoms. The van der Waals surface area contributed by atoms with Gasteiger partial charge in [-0.2, -0.15) is 5.26 Å². The van der Waals surface area contributed by atoms with Gasteiger partial charge in [0.1, 0.15) is 0 Å². The summed E-state index contributed by atoms with van der Waals surface area (Å²) in [5.74, 6) is 0.203. The molecule has 0 spiro atoms. The lowest BCUT2D eigenvalue weighted by Gasteiger charge is -2.36. The van der Waals surface area contributed by atoms with Gasteiger partial charge >= 0.3 is 0 Å². The number of para-hydroxylation sites is 1. The number of carbonyl (C=O) groups is 2. The molecule has 0 saturated carbocycles. The average molecular weight is 537 g/mol. The number of amides is 2. The van der Waals surface area contributed by atoms with Crippen molar-refractivity contribution in [3.63, 3.8) is 0 Å². The van der Waals surface area contributed by atoms with Crippen molar-refractivity contribution in [2.45, 2.75) is 58.9 Å². The Labute approximate surface area is 238 Å². The summed E-state index contributed by atoms with van der Waals surface area (Å²) in [5.41, 5.74) is 5.82. The van der Waals surface area contributed by atoms with Crippen molar-refractivity contribution in [3.05, 3.63) is 95.1 Å². The van der Waals surface area contributed by atoms with Crippen LogP contribution in [-0.2, 0) is 29.0 Å². The first-order chi connectivity index (χ1) is 19.5. The summed E-state index contributed by atoms with van der Waals surface area (Å²) in [4.78, 5) is 33.3. The molecule has 0 fully saturated rings. The van der Waals surface area contributed by atoms with Crippen molar-refractivity contribution in [3.8, 4) is 6.07 Å². The lowest BCUT2D eigenvalue weighted by Crippen LogP contribution is -2.42. The molecule has 6 nitrogen and oxygen atoms in total. The van der Waals surface area contributed by atoms with Crippen molar-refractivity contribution in [1.29, 1.82) is 5.26 Å². The molecular weight excluding hydrogens is 496 g/mol. The van der Waals surface area contributed by atoms with Gasteiger partial charge in [-0.3, -0.25) is 9.59 Å². The number of fused-ring (bicyclic) bond motifs is 1. The van der Waals surface area contributed by atoms with Gasteiger partial charge in [-0.05, 0) is 67.0 Å². The minimum absolute atomic E-state index is 0.0855. The van der Waals surface area contributed by atoms with E-state index in [1.165, 1.54) is 0 Å². The lowest BCUT2D eigenvalue weighted by atomic mass is 9.98. The number of nitriles is 1. The number of aryl methyl sites for hydroxylation is 2. The molecule has 0 N–H and O–H groups in total. The van der Waals surface area contributed by atoms with Crippen molar-refractivity contribution < 1.29 is 9.59 Å². The summed E-state index contributed by atoms with van der Waals surface area (Å²) in [6.45, 7) is 7.22. The van der Waals surface area contributed by atoms with Crippen LogP contribution < -0.4 is 9.80 Å². The molecule has 0 aliphatic carbocycles. The molecule has 4 rings (SSSR count). The van der Waals surface area contributed by atoms with E-state index in [9.17, 15) is 9.59 Å². The zero-order chi connectivity index (χ0) is 28.3. The van der Waals surface area contributed by atoms with E-state index in [2.05, 4.69) is 55.1 Å². The summed E-state index contributed by atoms with van der Waals surface area (Å²) in [5, 5.41) is 9.07. The number of hydrogen-bond donors (Lipinski definition) is 0. The maximum atomic E-state index is 13.7. The van der Waals surface area contributed by atoms with Crippen molar-refractivity contribution >= 4 is 23.2 Å². The van der Waals surface area contributed by atoms with Gasteiger partial charge in [-0.25, -0.2) is 0 Å². The fourth-order valence-corrected chi connectivity index (χ4v) is 5.46. The molecule has 1 heterocycles. The summed E-state index contributed by atoms with van der Waals surface area (Å²) < 4.78 is 0. The molecule has 0 aromatic heterocycles. The van der Waals surface area contributed by atoms with Crippen LogP contribution in [0.5, 0.6) is 0 Å². The highest BCUT2D eigenvalue weighted by atomic mass is 16.2. The molecule has 0 atom stereocenters. The van der Waals surface area contributed by atoms with E-state index in [1.54, 1.807) is 12.1 Å². The molecule has 0 saturated heterocycles. The minimum atomic E-state index is 0.0855. The molecule has 0 bridgehead atoms. The van der Waals surface area contributed by atoms with E-state index in [1.807, 2.05) is 40.1 Å². The van der Waals surface area contributed by atoms with Gasteiger partial charge in [-0.1, -0.05) is 68.4 Å². The summed E-state index contributed by atoms with van der Waals surface area (Å²) in [7, 11) is 0. The Balaban J connectivity index is 1.63. The van der Waals surface area contributed by atoms with Gasteiger partial charge in [0.25, 0.3) is 0 Å². The lowest BCUT2D eigenvalue weighted by molar-refractivity contribution is -0.129. The largest absolute Gasteiger partial charge is 0.356 e. The smallest absolute Gasteiger partial charge is 0.242 e. The molecule has 1 aliphatic heterocycles. The summed E-state index contributed by atoms with van der Waals surface area (Å²) >= 11 is 0. The van der Waals surface area contributed by atoms with Gasteiger partial charge in [0.15, 0.2) is 0 Å². The van der Waals surface area contributed by atoms with E-state index >= 15 is 0 Å². The zero-order valence-electron chi connectivity index (χ0n) is 23.8. The van der Waals surface area contributed by atoms with Crippen LogP contribution in [0.3, 0.4) is 0 Å². The van der Waals surface area contributed by atoms with Gasteiger partial charge in [0.05, 0.1) is 29.6 Å². The van der Waals surface area contributed by atoms with Crippen LogP contribution in [0.25, 0.3) is 0 Å². The number of nitrogens with zero attached hydrogens (tertiary/aromatic N) is 4. The van der Waals surface area contributed by atoms with Crippen LogP contribution in [0, 0.1) is 11.3 Å². The minimum Gasteiger partial charge on any atom is -0.356 e. The highest BCUT2D eigenvalue weighted by Crippen LogP contribution is 2.38. The normalized spacial score (nSPS) is 12.4. The second-order valence-electron chi connectivity index (χ2n) is 10.5. The van der Waals surface area contributed by atoms with E-state index < -0.39 is 0 Å². The summed E-state index contributed by atoms with van der Waals surface area (Å²) in [6, 6.07) is 26.0. The monoisotopic (exact) mass is 536 g/mol. The van der Waals surface area contributed by atoms with Crippen LogP contribution in [0.2, 0.25) is 0 Å². The SMILES string of the molecule is CCCN(CCC)C(=O)CN(Cc1ccccc1)c1cccc2c1N(C(=O)CCc1ccc(C#N)cc1)CCC2. The van der Waals surface area contributed by atoms with Crippen LogP contribution >= 0.6 is 0 Å². The summed E-state index contributed by atoms with van der Waals surface area (Å²) in [6.07, 6.45) is 4.68. The Bertz CT molecular complexity index is 1310. The molecule has 1 aliphatic rings. The predicted octanol–water partition coefficient (Wildman–Crippen LogP) is 6.13. The number of carbonyl (C=O) groups excluding carboxylic acids is 2.